The number of aliphatic hydroxyl groups excluding tert-OH is 1. The quantitative estimate of drug-likeness (QED) is 0.181. The number of carbonyl (C=O) groups is 2. The van der Waals surface area contributed by atoms with Crippen LogP contribution in [0.4, 0.5) is 0 Å². The van der Waals surface area contributed by atoms with E-state index in [1.54, 1.807) is 0 Å². The zero-order valence-electron chi connectivity index (χ0n) is 7.19. The van der Waals surface area contributed by atoms with Crippen LogP contribution in [0.25, 0.3) is 0 Å². The van der Waals surface area contributed by atoms with Crippen LogP contribution in [0.2, 0.25) is 0 Å². The van der Waals surface area contributed by atoms with Crippen molar-refractivity contribution in [2.24, 2.45) is 11.7 Å². The Morgan fingerprint density at radius 3 is 2.38 bits per heavy atom. The minimum Gasteiger partial charge on any atom is -0.396 e. The largest absolute Gasteiger partial charge is 0.396 e. The van der Waals surface area contributed by atoms with Crippen molar-refractivity contribution in [3.8, 4) is 0 Å². The second kappa shape index (κ2) is 6.38. The number of amides is 2. The molecule has 6 nitrogen and oxygen atoms in total. The van der Waals surface area contributed by atoms with E-state index in [0.717, 1.165) is 0 Å². The number of aliphatic hydroxyl groups is 1. The molecule has 6 heteroatoms. The lowest BCUT2D eigenvalue weighted by Crippen LogP contribution is -2.37. The van der Waals surface area contributed by atoms with Gasteiger partial charge in [0.05, 0.1) is 0 Å². The van der Waals surface area contributed by atoms with Crippen molar-refractivity contribution in [3.05, 3.63) is 0 Å². The Kier molecular flexibility index (Phi) is 5.82. The van der Waals surface area contributed by atoms with Crippen molar-refractivity contribution in [2.45, 2.75) is 19.3 Å². The van der Waals surface area contributed by atoms with E-state index in [2.05, 4.69) is 0 Å². The van der Waals surface area contributed by atoms with E-state index in [4.69, 9.17) is 16.0 Å². The van der Waals surface area contributed by atoms with Gasteiger partial charge in [0.15, 0.2) is 0 Å². The van der Waals surface area contributed by atoms with Crippen LogP contribution in [-0.4, -0.2) is 28.7 Å². The van der Waals surface area contributed by atoms with Gasteiger partial charge in [-0.1, -0.05) is 0 Å². The first-order chi connectivity index (χ1) is 6.13. The summed E-state index contributed by atoms with van der Waals surface area (Å²) < 4.78 is 0. The second-order valence-corrected chi connectivity index (χ2v) is 2.65. The molecular formula is C7H14N2O4. The normalized spacial score (nSPS) is 12.2. The molecule has 0 bridgehead atoms. The molecule has 0 fully saturated rings. The van der Waals surface area contributed by atoms with Crippen molar-refractivity contribution < 1.29 is 19.9 Å². The summed E-state index contributed by atoms with van der Waals surface area (Å²) in [7, 11) is 0. The monoisotopic (exact) mass is 190 g/mol. The van der Waals surface area contributed by atoms with Gasteiger partial charge in [-0.05, 0) is 19.3 Å². The fraction of sp³-hybridized carbons (Fsp3) is 0.714. The molecule has 0 aliphatic heterocycles. The number of nitrogens with one attached hydrogen (secondary N) is 1. The van der Waals surface area contributed by atoms with E-state index in [9.17, 15) is 9.59 Å². The maximum absolute atomic E-state index is 10.8. The van der Waals surface area contributed by atoms with Crippen molar-refractivity contribution in [2.75, 3.05) is 6.61 Å². The molecule has 0 aromatic rings. The van der Waals surface area contributed by atoms with Gasteiger partial charge in [0, 0.05) is 6.61 Å². The Morgan fingerprint density at radius 2 is 2.00 bits per heavy atom. The van der Waals surface area contributed by atoms with Gasteiger partial charge in [-0.2, -0.15) is 0 Å². The van der Waals surface area contributed by atoms with Crippen LogP contribution < -0.4 is 11.2 Å². The maximum atomic E-state index is 10.8. The summed E-state index contributed by atoms with van der Waals surface area (Å²) in [5.74, 6) is -2.59. The summed E-state index contributed by atoms with van der Waals surface area (Å²) in [4.78, 5) is 21.5. The summed E-state index contributed by atoms with van der Waals surface area (Å²) in [6, 6.07) is 0. The molecule has 0 aliphatic carbocycles. The van der Waals surface area contributed by atoms with Crippen LogP contribution in [0.3, 0.4) is 0 Å². The highest BCUT2D eigenvalue weighted by Crippen LogP contribution is 2.07. The van der Waals surface area contributed by atoms with Gasteiger partial charge < -0.3 is 10.8 Å². The molecule has 0 spiro atoms. The van der Waals surface area contributed by atoms with E-state index in [0.29, 0.717) is 12.8 Å². The van der Waals surface area contributed by atoms with Gasteiger partial charge in [-0.25, -0.2) is 5.48 Å². The number of primary amides is 1. The van der Waals surface area contributed by atoms with Gasteiger partial charge in [0.2, 0.25) is 5.91 Å². The van der Waals surface area contributed by atoms with Crippen LogP contribution >= 0.6 is 0 Å². The topological polar surface area (TPSA) is 113 Å². The molecule has 13 heavy (non-hydrogen) atoms. The fourth-order valence-electron chi connectivity index (χ4n) is 0.941. The molecule has 0 saturated carbocycles. The van der Waals surface area contributed by atoms with E-state index in [1.807, 2.05) is 0 Å². The van der Waals surface area contributed by atoms with E-state index in [1.165, 1.54) is 5.48 Å². The third-order valence-electron chi connectivity index (χ3n) is 1.67. The van der Waals surface area contributed by atoms with Crippen molar-refractivity contribution >= 4 is 11.8 Å². The lowest BCUT2D eigenvalue weighted by Gasteiger charge is -2.09. The zero-order valence-corrected chi connectivity index (χ0v) is 7.19. The third-order valence-corrected chi connectivity index (χ3v) is 1.67. The van der Waals surface area contributed by atoms with Gasteiger partial charge in [0.25, 0.3) is 5.91 Å². The molecule has 0 saturated heterocycles. The Labute approximate surface area is 75.7 Å². The first-order valence-electron chi connectivity index (χ1n) is 3.97. The molecular weight excluding hydrogens is 176 g/mol. The van der Waals surface area contributed by atoms with Crippen molar-refractivity contribution in [1.29, 1.82) is 0 Å². The van der Waals surface area contributed by atoms with E-state index >= 15 is 0 Å². The highest BCUT2D eigenvalue weighted by Gasteiger charge is 2.22. The first kappa shape index (κ1) is 11.9. The van der Waals surface area contributed by atoms with Gasteiger partial charge in [-0.3, -0.25) is 14.8 Å². The highest BCUT2D eigenvalue weighted by atomic mass is 16.5. The molecule has 0 rings (SSSR count). The molecule has 0 radical (unpaired) electrons. The maximum Gasteiger partial charge on any atom is 0.255 e. The Balaban J connectivity index is 3.95. The molecule has 5 N–H and O–H groups in total. The predicted octanol–water partition coefficient (Wildman–Crippen LogP) is -1.24. The predicted molar refractivity (Wildman–Crippen MR) is 43.6 cm³/mol. The average molecular weight is 190 g/mol. The van der Waals surface area contributed by atoms with E-state index in [-0.39, 0.29) is 13.0 Å². The van der Waals surface area contributed by atoms with Crippen LogP contribution in [0.5, 0.6) is 0 Å². The standard InChI is InChI=1S/C7H14N2O4/c8-6(11)5(7(12)9-13)3-1-2-4-10/h5,10,13H,1-4H2,(H2,8,11)(H,9,12). The third kappa shape index (κ3) is 4.44. The molecule has 0 aliphatic rings. The number of hydrogen-bond donors (Lipinski definition) is 4. The zero-order chi connectivity index (χ0) is 10.3. The molecule has 76 valence electrons. The number of carbonyl (C=O) groups excluding carboxylic acids is 2. The fourth-order valence-corrected chi connectivity index (χ4v) is 0.941. The van der Waals surface area contributed by atoms with Crippen LogP contribution in [0.15, 0.2) is 0 Å². The van der Waals surface area contributed by atoms with Crippen LogP contribution in [0, 0.1) is 5.92 Å². The molecule has 1 atom stereocenters. The van der Waals surface area contributed by atoms with Crippen molar-refractivity contribution in [1.82, 2.24) is 5.48 Å². The van der Waals surface area contributed by atoms with Gasteiger partial charge in [0.1, 0.15) is 5.92 Å². The van der Waals surface area contributed by atoms with E-state index < -0.39 is 17.7 Å². The van der Waals surface area contributed by atoms with Crippen LogP contribution in [0.1, 0.15) is 19.3 Å². The molecule has 0 heterocycles. The smallest absolute Gasteiger partial charge is 0.255 e. The lowest BCUT2D eigenvalue weighted by atomic mass is 10.0. The first-order valence-corrected chi connectivity index (χ1v) is 3.97. The summed E-state index contributed by atoms with van der Waals surface area (Å²) in [5.41, 5.74) is 6.29. The van der Waals surface area contributed by atoms with Gasteiger partial charge >= 0.3 is 0 Å². The average Bonchev–Trinajstić information content (AvgIpc) is 2.11. The highest BCUT2D eigenvalue weighted by molar-refractivity contribution is 5.98. The van der Waals surface area contributed by atoms with Gasteiger partial charge in [-0.15, -0.1) is 0 Å². The van der Waals surface area contributed by atoms with Crippen LogP contribution in [-0.2, 0) is 9.59 Å². The Hall–Kier alpha value is -1.14. The lowest BCUT2D eigenvalue weighted by molar-refractivity contribution is -0.139. The molecule has 0 aromatic carbocycles. The summed E-state index contributed by atoms with van der Waals surface area (Å²) in [6.45, 7) is 0.00618. The Bertz CT molecular complexity index is 183. The minimum atomic E-state index is -1.02. The molecule has 0 aromatic heterocycles. The second-order valence-electron chi connectivity index (χ2n) is 2.65. The number of unbranched alkanes of at least 4 members (excludes halogenated alkanes) is 1. The summed E-state index contributed by atoms with van der Waals surface area (Å²) >= 11 is 0. The number of hydroxylamine groups is 1. The number of nitrogens with two attached hydrogens (primary N) is 1. The summed E-state index contributed by atoms with van der Waals surface area (Å²) in [6.07, 6.45) is 1.25. The van der Waals surface area contributed by atoms with Crippen molar-refractivity contribution in [3.63, 3.8) is 0 Å². The SMILES string of the molecule is NC(=O)C(CCCCO)C(=O)NO. The molecule has 1 unspecified atom stereocenters. The molecule has 2 amide bonds. The number of hydrogen-bond acceptors (Lipinski definition) is 4. The minimum absolute atomic E-state index is 0.00618. The summed E-state index contributed by atoms with van der Waals surface area (Å²) in [5, 5.41) is 16.7. The number of rotatable bonds is 6. The Morgan fingerprint density at radius 1 is 1.38 bits per heavy atom.